The molecule has 0 fully saturated rings. The molecule has 5 heteroatoms. The first-order valence-electron chi connectivity index (χ1n) is 9.82. The fourth-order valence-corrected chi connectivity index (χ4v) is 3.02. The molecule has 29 heavy (non-hydrogen) atoms. The molecule has 2 aromatic rings. The van der Waals surface area contributed by atoms with Crippen LogP contribution in [0.15, 0.2) is 42.5 Å². The monoisotopic (exact) mass is 394 g/mol. The Morgan fingerprint density at radius 3 is 2.45 bits per heavy atom. The van der Waals surface area contributed by atoms with Gasteiger partial charge in [-0.2, -0.15) is 0 Å². The molecule has 154 valence electrons. The summed E-state index contributed by atoms with van der Waals surface area (Å²) < 4.78 is 5.27. The predicted octanol–water partition coefficient (Wildman–Crippen LogP) is 4.02. The molecule has 0 spiro atoms. The molecule has 2 rings (SSSR count). The first-order valence-corrected chi connectivity index (χ1v) is 9.82. The summed E-state index contributed by atoms with van der Waals surface area (Å²) in [5, 5.41) is 2.80. The molecular weight excluding hydrogens is 364 g/mol. The van der Waals surface area contributed by atoms with Crippen molar-refractivity contribution >= 4 is 24.3 Å². The number of carbonyl (C=O) groups is 2. The number of amides is 1. The first-order chi connectivity index (χ1) is 14.0. The Labute approximate surface area is 173 Å². The van der Waals surface area contributed by atoms with E-state index in [0.29, 0.717) is 17.7 Å². The third-order valence-electron chi connectivity index (χ3n) is 4.52. The van der Waals surface area contributed by atoms with Crippen LogP contribution in [0.5, 0.6) is 5.75 Å². The number of methoxy groups -OCH3 is 1. The van der Waals surface area contributed by atoms with Crippen LogP contribution in [-0.4, -0.2) is 44.3 Å². The minimum atomic E-state index is -0.486. The van der Waals surface area contributed by atoms with Gasteiger partial charge >= 0.3 is 0 Å². The van der Waals surface area contributed by atoms with Gasteiger partial charge in [0.1, 0.15) is 12.0 Å². The van der Waals surface area contributed by atoms with Gasteiger partial charge in [-0.05, 0) is 49.3 Å². The van der Waals surface area contributed by atoms with E-state index >= 15 is 0 Å². The molecule has 0 saturated heterocycles. The molecule has 1 N–H and O–H groups in total. The summed E-state index contributed by atoms with van der Waals surface area (Å²) >= 11 is 0. The molecule has 0 aliphatic rings. The molecular formula is C24H30N2O3. The SMILES string of the molecule is CCCC(C=O)NC(=O)c1cc(OC)ccc1/C=C/c1ccc(CN(C)C)cc1. The molecule has 0 aliphatic heterocycles. The largest absolute Gasteiger partial charge is 0.497 e. The van der Waals surface area contributed by atoms with Crippen LogP contribution in [0.4, 0.5) is 0 Å². The highest BCUT2D eigenvalue weighted by Crippen LogP contribution is 2.21. The predicted molar refractivity (Wildman–Crippen MR) is 118 cm³/mol. The highest BCUT2D eigenvalue weighted by atomic mass is 16.5. The van der Waals surface area contributed by atoms with Gasteiger partial charge in [0, 0.05) is 6.54 Å². The highest BCUT2D eigenvalue weighted by Gasteiger charge is 2.15. The second-order valence-electron chi connectivity index (χ2n) is 7.27. The van der Waals surface area contributed by atoms with Crippen molar-refractivity contribution in [2.75, 3.05) is 21.2 Å². The lowest BCUT2D eigenvalue weighted by Crippen LogP contribution is -2.36. The maximum atomic E-state index is 12.8. The zero-order valence-electron chi connectivity index (χ0n) is 17.6. The molecule has 0 bridgehead atoms. The minimum Gasteiger partial charge on any atom is -0.497 e. The number of nitrogens with zero attached hydrogens (tertiary/aromatic N) is 1. The Balaban J connectivity index is 2.24. The van der Waals surface area contributed by atoms with Crippen molar-refractivity contribution < 1.29 is 14.3 Å². The van der Waals surface area contributed by atoms with Gasteiger partial charge in [-0.3, -0.25) is 4.79 Å². The Hall–Kier alpha value is -2.92. The van der Waals surface area contributed by atoms with Crippen LogP contribution in [0, 0.1) is 0 Å². The van der Waals surface area contributed by atoms with E-state index in [0.717, 1.165) is 30.4 Å². The summed E-state index contributed by atoms with van der Waals surface area (Å²) in [5.41, 5.74) is 3.54. The lowest BCUT2D eigenvalue weighted by molar-refractivity contribution is -0.109. The minimum absolute atomic E-state index is 0.282. The zero-order chi connectivity index (χ0) is 21.2. The fraction of sp³-hybridized carbons (Fsp3) is 0.333. The summed E-state index contributed by atoms with van der Waals surface area (Å²) in [7, 11) is 5.65. The molecule has 0 radical (unpaired) electrons. The molecule has 5 nitrogen and oxygen atoms in total. The Bertz CT molecular complexity index is 842. The van der Waals surface area contributed by atoms with E-state index in [1.54, 1.807) is 13.2 Å². The molecule has 0 saturated carbocycles. The normalized spacial score (nSPS) is 12.2. The van der Waals surface area contributed by atoms with E-state index < -0.39 is 6.04 Å². The van der Waals surface area contributed by atoms with Crippen molar-refractivity contribution in [2.24, 2.45) is 0 Å². The summed E-state index contributed by atoms with van der Waals surface area (Å²) in [4.78, 5) is 26.1. The van der Waals surface area contributed by atoms with Crippen LogP contribution >= 0.6 is 0 Å². The van der Waals surface area contributed by atoms with Crippen molar-refractivity contribution in [1.29, 1.82) is 0 Å². The van der Waals surface area contributed by atoms with Crippen LogP contribution in [0.25, 0.3) is 12.2 Å². The number of ether oxygens (including phenoxy) is 1. The molecule has 1 unspecified atom stereocenters. The van der Waals surface area contributed by atoms with Gasteiger partial charge in [0.2, 0.25) is 0 Å². The van der Waals surface area contributed by atoms with E-state index in [1.165, 1.54) is 5.56 Å². The highest BCUT2D eigenvalue weighted by molar-refractivity contribution is 6.00. The first kappa shape index (κ1) is 22.4. The number of carbonyl (C=O) groups excluding carboxylic acids is 2. The van der Waals surface area contributed by atoms with Gasteiger partial charge in [-0.1, -0.05) is 55.8 Å². The number of hydrogen-bond donors (Lipinski definition) is 1. The summed E-state index contributed by atoms with van der Waals surface area (Å²) in [6.45, 7) is 2.87. The lowest BCUT2D eigenvalue weighted by Gasteiger charge is -2.14. The molecule has 1 amide bonds. The van der Waals surface area contributed by atoms with Gasteiger partial charge in [-0.15, -0.1) is 0 Å². The van der Waals surface area contributed by atoms with Gasteiger partial charge in [0.15, 0.2) is 0 Å². The number of hydrogen-bond acceptors (Lipinski definition) is 4. The molecule has 0 aliphatic carbocycles. The van der Waals surface area contributed by atoms with E-state index in [9.17, 15) is 9.59 Å². The third kappa shape index (κ3) is 6.88. The average Bonchev–Trinajstić information content (AvgIpc) is 2.72. The number of rotatable bonds is 10. The maximum absolute atomic E-state index is 12.8. The summed E-state index contributed by atoms with van der Waals surface area (Å²) in [6.07, 6.45) is 6.10. The van der Waals surface area contributed by atoms with Crippen LogP contribution in [-0.2, 0) is 11.3 Å². The number of nitrogens with one attached hydrogen (secondary N) is 1. The summed E-state index contributed by atoms with van der Waals surface area (Å²) in [5.74, 6) is 0.314. The van der Waals surface area contributed by atoms with Crippen molar-refractivity contribution in [3.05, 3.63) is 64.7 Å². The number of aldehydes is 1. The van der Waals surface area contributed by atoms with Crippen molar-refractivity contribution in [1.82, 2.24) is 10.2 Å². The molecule has 0 heterocycles. The average molecular weight is 395 g/mol. The van der Waals surface area contributed by atoms with Gasteiger partial charge in [0.25, 0.3) is 5.91 Å². The van der Waals surface area contributed by atoms with Crippen molar-refractivity contribution in [3.8, 4) is 5.75 Å². The number of benzene rings is 2. The smallest absolute Gasteiger partial charge is 0.252 e. The zero-order valence-corrected chi connectivity index (χ0v) is 17.6. The van der Waals surface area contributed by atoms with Crippen molar-refractivity contribution in [2.45, 2.75) is 32.4 Å². The summed E-state index contributed by atoms with van der Waals surface area (Å²) in [6, 6.07) is 13.2. The Kier molecular flexibility index (Phi) is 8.62. The standard InChI is InChI=1S/C24H30N2O3/c1-5-6-21(17-27)25-24(28)23-15-22(29-4)14-13-20(23)12-11-18-7-9-19(10-8-18)16-26(2)3/h7-15,17,21H,5-6,16H2,1-4H3,(H,25,28)/b12-11+. The fourth-order valence-electron chi connectivity index (χ4n) is 3.02. The second kappa shape index (κ2) is 11.2. The Morgan fingerprint density at radius 2 is 1.86 bits per heavy atom. The van der Waals surface area contributed by atoms with E-state index in [-0.39, 0.29) is 5.91 Å². The quantitative estimate of drug-likeness (QED) is 0.488. The van der Waals surface area contributed by atoms with Crippen molar-refractivity contribution in [3.63, 3.8) is 0 Å². The van der Waals surface area contributed by atoms with Crippen LogP contribution in [0.1, 0.15) is 46.8 Å². The lowest BCUT2D eigenvalue weighted by atomic mass is 10.0. The maximum Gasteiger partial charge on any atom is 0.252 e. The molecule has 2 aromatic carbocycles. The third-order valence-corrected chi connectivity index (χ3v) is 4.52. The van der Waals surface area contributed by atoms with Crippen LogP contribution < -0.4 is 10.1 Å². The van der Waals surface area contributed by atoms with E-state index in [1.807, 2.05) is 45.3 Å². The van der Waals surface area contributed by atoms with Crippen LogP contribution in [0.3, 0.4) is 0 Å². The second-order valence-corrected chi connectivity index (χ2v) is 7.27. The topological polar surface area (TPSA) is 58.6 Å². The Morgan fingerprint density at radius 1 is 1.14 bits per heavy atom. The molecule has 0 aromatic heterocycles. The van der Waals surface area contributed by atoms with Gasteiger partial charge in [-0.25, -0.2) is 0 Å². The van der Waals surface area contributed by atoms with Crippen LogP contribution in [0.2, 0.25) is 0 Å². The molecule has 1 atom stereocenters. The van der Waals surface area contributed by atoms with Gasteiger partial charge in [0.05, 0.1) is 18.7 Å². The van der Waals surface area contributed by atoms with E-state index in [2.05, 4.69) is 34.5 Å². The van der Waals surface area contributed by atoms with E-state index in [4.69, 9.17) is 4.74 Å². The van der Waals surface area contributed by atoms with Gasteiger partial charge < -0.3 is 19.7 Å².